The molecule has 4 heteroatoms. The number of fused-ring (bicyclic) bond motifs is 2. The van der Waals surface area contributed by atoms with Gasteiger partial charge >= 0.3 is 0 Å². The number of nitrogens with one attached hydrogen (secondary N) is 1. The van der Waals surface area contributed by atoms with E-state index in [1.807, 2.05) is 0 Å². The molecule has 1 aromatic heterocycles. The molecule has 0 spiro atoms. The number of pyridine rings is 1. The maximum atomic E-state index is 5.54. The zero-order valence-electron chi connectivity index (χ0n) is 14.5. The molecule has 0 saturated carbocycles. The van der Waals surface area contributed by atoms with Gasteiger partial charge in [0, 0.05) is 23.3 Å². The van der Waals surface area contributed by atoms with E-state index in [1.54, 1.807) is 0 Å². The molecule has 24 heavy (non-hydrogen) atoms. The van der Waals surface area contributed by atoms with Gasteiger partial charge in [0.1, 0.15) is 0 Å². The van der Waals surface area contributed by atoms with E-state index in [4.69, 9.17) is 10.7 Å². The molecule has 1 aliphatic rings. The van der Waals surface area contributed by atoms with E-state index in [0.717, 1.165) is 31.4 Å². The van der Waals surface area contributed by atoms with Crippen LogP contribution in [-0.2, 0) is 12.8 Å². The average molecular weight is 348 g/mol. The first-order chi connectivity index (χ1) is 11.4. The van der Waals surface area contributed by atoms with Crippen LogP contribution < -0.4 is 11.1 Å². The van der Waals surface area contributed by atoms with E-state index in [2.05, 4.69) is 29.6 Å². The molecular weight excluding hydrogens is 318 g/mol. The summed E-state index contributed by atoms with van der Waals surface area (Å²) in [6, 6.07) is 8.56. The van der Waals surface area contributed by atoms with Gasteiger partial charge in [0.25, 0.3) is 0 Å². The van der Waals surface area contributed by atoms with Gasteiger partial charge in [-0.05, 0) is 56.7 Å². The molecule has 0 fully saturated rings. The molecule has 3 N–H and O–H groups in total. The predicted molar refractivity (Wildman–Crippen MR) is 106 cm³/mol. The fraction of sp³-hybridized carbons (Fsp3) is 0.550. The maximum Gasteiger partial charge on any atom is 0.0726 e. The van der Waals surface area contributed by atoms with E-state index >= 15 is 0 Å². The predicted octanol–water partition coefficient (Wildman–Crippen LogP) is 4.86. The highest BCUT2D eigenvalue weighted by molar-refractivity contribution is 5.93. The summed E-state index contributed by atoms with van der Waals surface area (Å²) < 4.78 is 0. The Morgan fingerprint density at radius 2 is 1.71 bits per heavy atom. The summed E-state index contributed by atoms with van der Waals surface area (Å²) in [6.45, 7) is 1.89. The van der Waals surface area contributed by atoms with Gasteiger partial charge in [-0.2, -0.15) is 0 Å². The molecule has 0 radical (unpaired) electrons. The third kappa shape index (κ3) is 4.61. The standard InChI is InChI=1S/C20H29N3.ClH/c21-14-8-2-1-3-9-15-22-20-16-10-4-6-12-18(16)23-19-13-7-5-11-17(19)20;/h4,6,10,12H,1-3,5,7-9,11,13-15,21H2,(H,22,23);1H. The molecule has 0 amide bonds. The van der Waals surface area contributed by atoms with E-state index in [0.29, 0.717) is 0 Å². The molecule has 1 aromatic carbocycles. The molecule has 0 unspecified atom stereocenters. The first-order valence-corrected chi connectivity index (χ1v) is 9.24. The summed E-state index contributed by atoms with van der Waals surface area (Å²) in [4.78, 5) is 4.90. The first-order valence-electron chi connectivity index (χ1n) is 9.24. The van der Waals surface area contributed by atoms with Crippen molar-refractivity contribution in [3.63, 3.8) is 0 Å². The lowest BCUT2D eigenvalue weighted by atomic mass is 9.92. The topological polar surface area (TPSA) is 50.9 Å². The van der Waals surface area contributed by atoms with Crippen LogP contribution in [0.2, 0.25) is 0 Å². The van der Waals surface area contributed by atoms with Crippen LogP contribution in [0.1, 0.15) is 56.2 Å². The quantitative estimate of drug-likeness (QED) is 0.670. The smallest absolute Gasteiger partial charge is 0.0726 e. The van der Waals surface area contributed by atoms with E-state index in [1.165, 1.54) is 67.3 Å². The van der Waals surface area contributed by atoms with E-state index in [-0.39, 0.29) is 12.4 Å². The summed E-state index contributed by atoms with van der Waals surface area (Å²) >= 11 is 0. The first kappa shape index (κ1) is 19.0. The maximum absolute atomic E-state index is 5.54. The summed E-state index contributed by atoms with van der Waals surface area (Å²) in [5.41, 5.74) is 10.8. The van der Waals surface area contributed by atoms with Crippen molar-refractivity contribution in [2.75, 3.05) is 18.4 Å². The minimum absolute atomic E-state index is 0. The highest BCUT2D eigenvalue weighted by Crippen LogP contribution is 2.33. The van der Waals surface area contributed by atoms with Crippen molar-refractivity contribution in [3.05, 3.63) is 35.5 Å². The van der Waals surface area contributed by atoms with E-state index < -0.39 is 0 Å². The second-order valence-corrected chi connectivity index (χ2v) is 6.62. The van der Waals surface area contributed by atoms with Crippen LogP contribution >= 0.6 is 12.4 Å². The van der Waals surface area contributed by atoms with Gasteiger partial charge in [0.05, 0.1) is 5.52 Å². The summed E-state index contributed by atoms with van der Waals surface area (Å²) in [5.74, 6) is 0. The van der Waals surface area contributed by atoms with Crippen molar-refractivity contribution < 1.29 is 0 Å². The lowest BCUT2D eigenvalue weighted by Crippen LogP contribution is -2.12. The molecule has 0 bridgehead atoms. The molecule has 132 valence electrons. The Hall–Kier alpha value is -1.32. The Labute approximate surface area is 151 Å². The number of rotatable bonds is 8. The summed E-state index contributed by atoms with van der Waals surface area (Å²) in [6.07, 6.45) is 11.1. The number of hydrogen-bond acceptors (Lipinski definition) is 3. The monoisotopic (exact) mass is 347 g/mol. The number of aryl methyl sites for hydroxylation is 1. The van der Waals surface area contributed by atoms with Crippen molar-refractivity contribution in [3.8, 4) is 0 Å². The number of para-hydroxylation sites is 1. The Bertz CT molecular complexity index is 642. The lowest BCUT2D eigenvalue weighted by Gasteiger charge is -2.21. The van der Waals surface area contributed by atoms with Gasteiger partial charge in [0.2, 0.25) is 0 Å². The minimum atomic E-state index is 0. The number of nitrogens with two attached hydrogens (primary N) is 1. The largest absolute Gasteiger partial charge is 0.384 e. The van der Waals surface area contributed by atoms with Gasteiger partial charge in [-0.15, -0.1) is 12.4 Å². The second kappa shape index (κ2) is 9.85. The molecule has 1 aliphatic carbocycles. The number of anilines is 1. The number of benzene rings is 1. The number of aromatic nitrogens is 1. The van der Waals surface area contributed by atoms with Crippen molar-refractivity contribution >= 4 is 29.0 Å². The summed E-state index contributed by atoms with van der Waals surface area (Å²) in [7, 11) is 0. The van der Waals surface area contributed by atoms with Gasteiger partial charge in [-0.25, -0.2) is 0 Å². The minimum Gasteiger partial charge on any atom is -0.384 e. The molecule has 0 atom stereocenters. The van der Waals surface area contributed by atoms with Crippen molar-refractivity contribution in [2.24, 2.45) is 5.73 Å². The van der Waals surface area contributed by atoms with Gasteiger partial charge in [-0.1, -0.05) is 37.5 Å². The molecule has 3 nitrogen and oxygen atoms in total. The normalized spacial score (nSPS) is 13.4. The number of unbranched alkanes of at least 4 members (excludes halogenated alkanes) is 4. The Kier molecular flexibility index (Phi) is 7.80. The zero-order chi connectivity index (χ0) is 15.9. The summed E-state index contributed by atoms with van der Waals surface area (Å²) in [5, 5.41) is 5.03. The average Bonchev–Trinajstić information content (AvgIpc) is 2.60. The zero-order valence-corrected chi connectivity index (χ0v) is 15.3. The van der Waals surface area contributed by atoms with Crippen LogP contribution in [0.25, 0.3) is 10.9 Å². The second-order valence-electron chi connectivity index (χ2n) is 6.62. The Morgan fingerprint density at radius 1 is 0.958 bits per heavy atom. The SMILES string of the molecule is Cl.NCCCCCCCNc1c2c(nc3ccccc13)CCCC2. The van der Waals surface area contributed by atoms with Crippen LogP contribution in [0.5, 0.6) is 0 Å². The van der Waals surface area contributed by atoms with Gasteiger partial charge in [0.15, 0.2) is 0 Å². The molecule has 1 heterocycles. The Morgan fingerprint density at radius 3 is 2.58 bits per heavy atom. The third-order valence-electron chi connectivity index (χ3n) is 4.85. The lowest BCUT2D eigenvalue weighted by molar-refractivity contribution is 0.628. The van der Waals surface area contributed by atoms with E-state index in [9.17, 15) is 0 Å². The Balaban J connectivity index is 0.00000208. The van der Waals surface area contributed by atoms with Crippen molar-refractivity contribution in [1.29, 1.82) is 0 Å². The van der Waals surface area contributed by atoms with Gasteiger partial charge in [-0.3, -0.25) is 4.98 Å². The van der Waals surface area contributed by atoms with Crippen molar-refractivity contribution in [2.45, 2.75) is 57.8 Å². The van der Waals surface area contributed by atoms with Crippen LogP contribution in [0.3, 0.4) is 0 Å². The molecule has 2 aromatic rings. The van der Waals surface area contributed by atoms with Crippen molar-refractivity contribution in [1.82, 2.24) is 4.98 Å². The van der Waals surface area contributed by atoms with Crippen LogP contribution in [0.15, 0.2) is 24.3 Å². The molecule has 0 saturated heterocycles. The van der Waals surface area contributed by atoms with Crippen LogP contribution in [0.4, 0.5) is 5.69 Å². The molecular formula is C20H30ClN3. The highest BCUT2D eigenvalue weighted by atomic mass is 35.5. The van der Waals surface area contributed by atoms with Gasteiger partial charge < -0.3 is 11.1 Å². The number of halogens is 1. The molecule has 3 rings (SSSR count). The fourth-order valence-electron chi connectivity index (χ4n) is 3.59. The fourth-order valence-corrected chi connectivity index (χ4v) is 3.59. The van der Waals surface area contributed by atoms with Crippen LogP contribution in [-0.4, -0.2) is 18.1 Å². The molecule has 0 aliphatic heterocycles. The third-order valence-corrected chi connectivity index (χ3v) is 4.85. The van der Waals surface area contributed by atoms with Crippen LogP contribution in [0, 0.1) is 0 Å². The number of nitrogens with zero attached hydrogens (tertiary/aromatic N) is 1. The highest BCUT2D eigenvalue weighted by Gasteiger charge is 2.17. The number of hydrogen-bond donors (Lipinski definition) is 2.